The highest BCUT2D eigenvalue weighted by molar-refractivity contribution is 5.61. The van der Waals surface area contributed by atoms with Crippen LogP contribution >= 0.6 is 0 Å². The van der Waals surface area contributed by atoms with Gasteiger partial charge in [-0.25, -0.2) is 4.39 Å². The van der Waals surface area contributed by atoms with Crippen molar-refractivity contribution in [3.8, 4) is 11.4 Å². The van der Waals surface area contributed by atoms with E-state index in [0.29, 0.717) is 17.3 Å². The fraction of sp³-hybridized carbons (Fsp3) is 0.222. The summed E-state index contributed by atoms with van der Waals surface area (Å²) in [6.45, 7) is 1.72. The minimum absolute atomic E-state index is 0.297. The molecule has 0 aliphatic rings. The number of nitrogens with zero attached hydrogens (tertiary/aromatic N) is 7. The van der Waals surface area contributed by atoms with E-state index in [1.165, 1.54) is 12.1 Å². The molecule has 138 valence electrons. The van der Waals surface area contributed by atoms with Crippen molar-refractivity contribution in [1.29, 1.82) is 0 Å². The zero-order valence-corrected chi connectivity index (χ0v) is 15.0. The number of aromatic nitrogens is 6. The average molecular weight is 366 g/mol. The Morgan fingerprint density at radius 2 is 1.89 bits per heavy atom. The van der Waals surface area contributed by atoms with Crippen LogP contribution in [0.2, 0.25) is 0 Å². The van der Waals surface area contributed by atoms with Gasteiger partial charge < -0.3 is 10.2 Å². The molecule has 0 saturated heterocycles. The minimum Gasteiger partial charge on any atom is -0.336 e. The Morgan fingerprint density at radius 1 is 1.07 bits per heavy atom. The first-order valence-electron chi connectivity index (χ1n) is 8.51. The first-order chi connectivity index (χ1) is 13.1. The molecule has 0 aliphatic heterocycles. The van der Waals surface area contributed by atoms with E-state index in [4.69, 9.17) is 0 Å². The van der Waals surface area contributed by atoms with Gasteiger partial charge in [0.25, 0.3) is 0 Å². The number of likely N-dealkylation sites (N-methyl/N-ethyl adjacent to an activating group) is 1. The first kappa shape index (κ1) is 17.1. The van der Waals surface area contributed by atoms with Crippen LogP contribution in [0, 0.1) is 5.82 Å². The first-order valence-corrected chi connectivity index (χ1v) is 8.51. The van der Waals surface area contributed by atoms with Gasteiger partial charge in [-0.3, -0.25) is 4.68 Å². The zero-order valence-electron chi connectivity index (χ0n) is 15.0. The van der Waals surface area contributed by atoms with Gasteiger partial charge in [0.15, 0.2) is 17.3 Å². The van der Waals surface area contributed by atoms with Gasteiger partial charge in [-0.05, 0) is 50.5 Å². The Balaban J connectivity index is 1.58. The third-order valence-electron chi connectivity index (χ3n) is 4.05. The molecule has 0 atom stereocenters. The van der Waals surface area contributed by atoms with Gasteiger partial charge in [0.2, 0.25) is 0 Å². The summed E-state index contributed by atoms with van der Waals surface area (Å²) in [7, 11) is 4.05. The summed E-state index contributed by atoms with van der Waals surface area (Å²) in [6.07, 6.45) is 3.69. The molecule has 4 aromatic rings. The van der Waals surface area contributed by atoms with Crippen molar-refractivity contribution >= 4 is 17.2 Å². The molecule has 0 amide bonds. The standard InChI is InChI=1S/C18H19FN8/c1-25(2)9-10-26-12-15(11-20-26)21-16-7-8-17-22-23-18(27(17)24-16)13-3-5-14(19)6-4-13/h3-8,11-12H,9-10H2,1-2H3,(H,21,24). The van der Waals surface area contributed by atoms with Crippen LogP contribution in [0.15, 0.2) is 48.8 Å². The Morgan fingerprint density at radius 3 is 2.67 bits per heavy atom. The van der Waals surface area contributed by atoms with E-state index in [1.807, 2.05) is 37.1 Å². The summed E-state index contributed by atoms with van der Waals surface area (Å²) in [4.78, 5) is 2.10. The van der Waals surface area contributed by atoms with Gasteiger partial charge in [0, 0.05) is 18.3 Å². The molecular formula is C18H19FN8. The number of benzene rings is 1. The maximum absolute atomic E-state index is 13.2. The number of fused-ring (bicyclic) bond motifs is 1. The fourth-order valence-corrected chi connectivity index (χ4v) is 2.64. The molecule has 27 heavy (non-hydrogen) atoms. The SMILES string of the molecule is CN(C)CCn1cc(Nc2ccc3nnc(-c4ccc(F)cc4)n3n2)cn1. The normalized spacial score (nSPS) is 11.4. The topological polar surface area (TPSA) is 76.2 Å². The van der Waals surface area contributed by atoms with Crippen LogP contribution in [0.4, 0.5) is 15.9 Å². The molecule has 3 aromatic heterocycles. The van der Waals surface area contributed by atoms with Crippen LogP contribution in [-0.2, 0) is 6.54 Å². The van der Waals surface area contributed by atoms with E-state index >= 15 is 0 Å². The summed E-state index contributed by atoms with van der Waals surface area (Å²) in [5.41, 5.74) is 2.20. The van der Waals surface area contributed by atoms with Crippen LogP contribution in [-0.4, -0.2) is 55.1 Å². The van der Waals surface area contributed by atoms with Crippen LogP contribution in [0.25, 0.3) is 17.0 Å². The molecule has 0 bridgehead atoms. The van der Waals surface area contributed by atoms with Crippen LogP contribution in [0.1, 0.15) is 0 Å². The second kappa shape index (κ2) is 7.12. The van der Waals surface area contributed by atoms with Crippen LogP contribution in [0.5, 0.6) is 0 Å². The van der Waals surface area contributed by atoms with E-state index in [2.05, 4.69) is 30.6 Å². The molecule has 0 spiro atoms. The maximum atomic E-state index is 13.2. The fourth-order valence-electron chi connectivity index (χ4n) is 2.64. The third kappa shape index (κ3) is 3.77. The van der Waals surface area contributed by atoms with E-state index in [0.717, 1.165) is 24.3 Å². The molecule has 0 fully saturated rings. The Kier molecular flexibility index (Phi) is 4.51. The largest absolute Gasteiger partial charge is 0.336 e. The quantitative estimate of drug-likeness (QED) is 0.565. The molecule has 0 radical (unpaired) electrons. The van der Waals surface area contributed by atoms with Gasteiger partial charge in [-0.15, -0.1) is 15.3 Å². The Hall–Kier alpha value is -3.33. The number of anilines is 2. The van der Waals surface area contributed by atoms with Gasteiger partial charge >= 0.3 is 0 Å². The predicted molar refractivity (Wildman–Crippen MR) is 100 cm³/mol. The summed E-state index contributed by atoms with van der Waals surface area (Å²) < 4.78 is 16.7. The van der Waals surface area contributed by atoms with Gasteiger partial charge in [0.1, 0.15) is 5.82 Å². The van der Waals surface area contributed by atoms with Crippen molar-refractivity contribution in [3.05, 3.63) is 54.6 Å². The number of hydrogen-bond acceptors (Lipinski definition) is 6. The molecule has 3 heterocycles. The molecule has 0 aliphatic carbocycles. The highest BCUT2D eigenvalue weighted by atomic mass is 19.1. The minimum atomic E-state index is -0.297. The van der Waals surface area contributed by atoms with Crippen molar-refractivity contribution in [3.63, 3.8) is 0 Å². The Bertz CT molecular complexity index is 1050. The van der Waals surface area contributed by atoms with Crippen LogP contribution < -0.4 is 5.32 Å². The van der Waals surface area contributed by atoms with Crippen molar-refractivity contribution in [2.24, 2.45) is 0 Å². The molecule has 1 aromatic carbocycles. The van der Waals surface area contributed by atoms with E-state index in [-0.39, 0.29) is 5.82 Å². The maximum Gasteiger partial charge on any atom is 0.185 e. The van der Waals surface area contributed by atoms with Crippen molar-refractivity contribution in [1.82, 2.24) is 34.5 Å². The lowest BCUT2D eigenvalue weighted by molar-refractivity contribution is 0.373. The predicted octanol–water partition coefficient (Wildman–Crippen LogP) is 2.43. The summed E-state index contributed by atoms with van der Waals surface area (Å²) in [5, 5.41) is 20.4. The second-order valence-corrected chi connectivity index (χ2v) is 6.44. The summed E-state index contributed by atoms with van der Waals surface area (Å²) in [6, 6.07) is 9.74. The molecule has 9 heteroatoms. The number of hydrogen-bond donors (Lipinski definition) is 1. The Labute approximate surface area is 155 Å². The highest BCUT2D eigenvalue weighted by Gasteiger charge is 2.10. The smallest absolute Gasteiger partial charge is 0.185 e. The third-order valence-corrected chi connectivity index (χ3v) is 4.05. The highest BCUT2D eigenvalue weighted by Crippen LogP contribution is 2.20. The number of halogens is 1. The average Bonchev–Trinajstić information content (AvgIpc) is 3.27. The molecule has 8 nitrogen and oxygen atoms in total. The summed E-state index contributed by atoms with van der Waals surface area (Å²) >= 11 is 0. The number of nitrogens with one attached hydrogen (secondary N) is 1. The lowest BCUT2D eigenvalue weighted by Gasteiger charge is -2.08. The van der Waals surface area contributed by atoms with Crippen molar-refractivity contribution in [2.45, 2.75) is 6.54 Å². The summed E-state index contributed by atoms with van der Waals surface area (Å²) in [5.74, 6) is 0.891. The van der Waals surface area contributed by atoms with Crippen LogP contribution in [0.3, 0.4) is 0 Å². The molecule has 0 unspecified atom stereocenters. The second-order valence-electron chi connectivity index (χ2n) is 6.44. The molecular weight excluding hydrogens is 347 g/mol. The van der Waals surface area contributed by atoms with Gasteiger partial charge in [-0.2, -0.15) is 9.61 Å². The zero-order chi connectivity index (χ0) is 18.8. The molecule has 4 rings (SSSR count). The lowest BCUT2D eigenvalue weighted by Crippen LogP contribution is -2.18. The molecule has 0 saturated carbocycles. The van der Waals surface area contributed by atoms with E-state index in [1.54, 1.807) is 22.8 Å². The van der Waals surface area contributed by atoms with Crippen molar-refractivity contribution < 1.29 is 4.39 Å². The monoisotopic (exact) mass is 366 g/mol. The molecule has 1 N–H and O–H groups in total. The van der Waals surface area contributed by atoms with Crippen molar-refractivity contribution in [2.75, 3.05) is 26.0 Å². The van der Waals surface area contributed by atoms with Gasteiger partial charge in [0.05, 0.1) is 18.4 Å². The number of rotatable bonds is 6. The lowest BCUT2D eigenvalue weighted by atomic mass is 10.2. The van der Waals surface area contributed by atoms with Gasteiger partial charge in [-0.1, -0.05) is 0 Å². The van der Waals surface area contributed by atoms with E-state index in [9.17, 15) is 4.39 Å². The van der Waals surface area contributed by atoms with E-state index < -0.39 is 0 Å².